The van der Waals surface area contributed by atoms with Gasteiger partial charge in [0.05, 0.1) is 17.3 Å². The number of halogens is 2. The Labute approximate surface area is 145 Å². The van der Waals surface area contributed by atoms with Crippen LogP contribution in [-0.4, -0.2) is 18.6 Å². The van der Waals surface area contributed by atoms with Crippen LogP contribution in [0.15, 0.2) is 42.5 Å². The molecule has 0 radical (unpaired) electrons. The number of ether oxygens (including phenoxy) is 1. The third-order valence-corrected chi connectivity index (χ3v) is 3.69. The first kappa shape index (κ1) is 17.4. The molecule has 0 bridgehead atoms. The highest BCUT2D eigenvalue weighted by Crippen LogP contribution is 2.25. The molecule has 0 saturated heterocycles. The molecule has 23 heavy (non-hydrogen) atoms. The molecule has 0 aliphatic rings. The van der Waals surface area contributed by atoms with Gasteiger partial charge in [0.1, 0.15) is 11.8 Å². The molecule has 1 atom stereocenters. The van der Waals surface area contributed by atoms with E-state index in [2.05, 4.69) is 10.6 Å². The van der Waals surface area contributed by atoms with Crippen LogP contribution in [0.25, 0.3) is 0 Å². The number of carbonyl (C=O) groups is 1. The molecular formula is C17H18Cl2N2O2. The molecule has 0 aromatic heterocycles. The van der Waals surface area contributed by atoms with Gasteiger partial charge in [-0.3, -0.25) is 4.79 Å². The number of hydrogen-bond acceptors (Lipinski definition) is 3. The standard InChI is InChI=1S/C17H18Cl2N2O2/c1-3-23-14-7-5-13(6-8-14)20-11(2)17(22)21-16-10-12(18)4-9-15(16)19/h4-11,20H,3H2,1-2H3,(H,21,22)/t11-/m1/s1. The minimum atomic E-state index is -0.442. The summed E-state index contributed by atoms with van der Waals surface area (Å²) in [6.07, 6.45) is 0. The molecule has 0 unspecified atom stereocenters. The summed E-state index contributed by atoms with van der Waals surface area (Å²) in [4.78, 5) is 12.2. The second kappa shape index (κ2) is 8.09. The molecule has 122 valence electrons. The zero-order valence-electron chi connectivity index (χ0n) is 12.9. The molecule has 2 N–H and O–H groups in total. The van der Waals surface area contributed by atoms with Crippen LogP contribution in [0.4, 0.5) is 11.4 Å². The Balaban J connectivity index is 1.98. The molecule has 2 aromatic rings. The second-order valence-electron chi connectivity index (χ2n) is 4.94. The molecule has 0 aliphatic carbocycles. The molecule has 0 saturated carbocycles. The van der Waals surface area contributed by atoms with Crippen molar-refractivity contribution in [3.63, 3.8) is 0 Å². The third kappa shape index (κ3) is 5.05. The number of hydrogen-bond donors (Lipinski definition) is 2. The van der Waals surface area contributed by atoms with Gasteiger partial charge in [0.25, 0.3) is 0 Å². The third-order valence-electron chi connectivity index (χ3n) is 3.13. The molecule has 2 rings (SSSR count). The van der Waals surface area contributed by atoms with Crippen LogP contribution >= 0.6 is 23.2 Å². The monoisotopic (exact) mass is 352 g/mol. The fraction of sp³-hybridized carbons (Fsp3) is 0.235. The predicted molar refractivity (Wildman–Crippen MR) is 95.8 cm³/mol. The van der Waals surface area contributed by atoms with Crippen LogP contribution in [0.1, 0.15) is 13.8 Å². The summed E-state index contributed by atoms with van der Waals surface area (Å²) >= 11 is 12.0. The summed E-state index contributed by atoms with van der Waals surface area (Å²) in [5.74, 6) is 0.587. The van der Waals surface area contributed by atoms with Crippen molar-refractivity contribution in [2.24, 2.45) is 0 Å². The van der Waals surface area contributed by atoms with E-state index in [4.69, 9.17) is 27.9 Å². The Bertz CT molecular complexity index is 675. The second-order valence-corrected chi connectivity index (χ2v) is 5.78. The van der Waals surface area contributed by atoms with Crippen molar-refractivity contribution in [2.75, 3.05) is 17.2 Å². The van der Waals surface area contributed by atoms with E-state index in [0.29, 0.717) is 22.3 Å². The van der Waals surface area contributed by atoms with Crippen LogP contribution in [0.5, 0.6) is 5.75 Å². The van der Waals surface area contributed by atoms with Crippen molar-refractivity contribution in [1.29, 1.82) is 0 Å². The molecule has 1 amide bonds. The smallest absolute Gasteiger partial charge is 0.246 e. The first-order chi connectivity index (χ1) is 11.0. The predicted octanol–water partition coefficient (Wildman–Crippen LogP) is 4.83. The lowest BCUT2D eigenvalue weighted by Crippen LogP contribution is -2.31. The minimum absolute atomic E-state index is 0.206. The van der Waals surface area contributed by atoms with E-state index in [1.165, 1.54) is 0 Å². The van der Waals surface area contributed by atoms with Crippen molar-refractivity contribution in [3.8, 4) is 5.75 Å². The quantitative estimate of drug-likeness (QED) is 0.782. The highest BCUT2D eigenvalue weighted by atomic mass is 35.5. The molecule has 0 aliphatic heterocycles. The van der Waals surface area contributed by atoms with Crippen molar-refractivity contribution in [2.45, 2.75) is 19.9 Å². The first-order valence-corrected chi connectivity index (χ1v) is 8.00. The summed E-state index contributed by atoms with van der Waals surface area (Å²) < 4.78 is 5.38. The van der Waals surface area contributed by atoms with E-state index in [1.807, 2.05) is 31.2 Å². The van der Waals surface area contributed by atoms with Gasteiger partial charge in [0, 0.05) is 10.7 Å². The lowest BCUT2D eigenvalue weighted by Gasteiger charge is -2.16. The zero-order chi connectivity index (χ0) is 16.8. The summed E-state index contributed by atoms with van der Waals surface area (Å²) in [6, 6.07) is 11.9. The number of nitrogens with one attached hydrogen (secondary N) is 2. The molecule has 6 heteroatoms. The normalized spacial score (nSPS) is 11.7. The van der Waals surface area contributed by atoms with Gasteiger partial charge in [-0.25, -0.2) is 0 Å². The van der Waals surface area contributed by atoms with E-state index in [-0.39, 0.29) is 5.91 Å². The molecule has 4 nitrogen and oxygen atoms in total. The topological polar surface area (TPSA) is 50.4 Å². The van der Waals surface area contributed by atoms with Crippen LogP contribution in [0.3, 0.4) is 0 Å². The van der Waals surface area contributed by atoms with Crippen molar-refractivity contribution in [3.05, 3.63) is 52.5 Å². The van der Waals surface area contributed by atoms with E-state index in [0.717, 1.165) is 11.4 Å². The fourth-order valence-electron chi connectivity index (χ4n) is 1.96. The summed E-state index contributed by atoms with van der Waals surface area (Å²) in [5.41, 5.74) is 1.32. The van der Waals surface area contributed by atoms with Gasteiger partial charge in [-0.2, -0.15) is 0 Å². The van der Waals surface area contributed by atoms with Gasteiger partial charge >= 0.3 is 0 Å². The molecule has 0 spiro atoms. The minimum Gasteiger partial charge on any atom is -0.494 e. The van der Waals surface area contributed by atoms with Gasteiger partial charge in [0.15, 0.2) is 0 Å². The van der Waals surface area contributed by atoms with Gasteiger partial charge < -0.3 is 15.4 Å². The Morgan fingerprint density at radius 1 is 1.17 bits per heavy atom. The Morgan fingerprint density at radius 3 is 2.52 bits per heavy atom. The fourth-order valence-corrected chi connectivity index (χ4v) is 2.30. The average molecular weight is 353 g/mol. The molecular weight excluding hydrogens is 335 g/mol. The van der Waals surface area contributed by atoms with E-state index in [9.17, 15) is 4.79 Å². The van der Waals surface area contributed by atoms with Gasteiger partial charge in [-0.15, -0.1) is 0 Å². The van der Waals surface area contributed by atoms with Gasteiger partial charge in [-0.1, -0.05) is 23.2 Å². The van der Waals surface area contributed by atoms with Crippen molar-refractivity contribution in [1.82, 2.24) is 0 Å². The van der Waals surface area contributed by atoms with Crippen molar-refractivity contribution < 1.29 is 9.53 Å². The Morgan fingerprint density at radius 2 is 1.87 bits per heavy atom. The van der Waals surface area contributed by atoms with Crippen LogP contribution in [0, 0.1) is 0 Å². The van der Waals surface area contributed by atoms with Gasteiger partial charge in [-0.05, 0) is 56.3 Å². The number of carbonyl (C=O) groups excluding carboxylic acids is 1. The highest BCUT2D eigenvalue weighted by Gasteiger charge is 2.14. The SMILES string of the molecule is CCOc1ccc(N[C@H](C)C(=O)Nc2cc(Cl)ccc2Cl)cc1. The number of rotatable bonds is 6. The van der Waals surface area contributed by atoms with Gasteiger partial charge in [0.2, 0.25) is 5.91 Å². The summed E-state index contributed by atoms with van der Waals surface area (Å²) in [5, 5.41) is 6.83. The lowest BCUT2D eigenvalue weighted by atomic mass is 10.2. The number of anilines is 2. The highest BCUT2D eigenvalue weighted by molar-refractivity contribution is 6.35. The van der Waals surface area contributed by atoms with Crippen molar-refractivity contribution >= 4 is 40.5 Å². The number of amides is 1. The van der Waals surface area contributed by atoms with Crippen LogP contribution in [0.2, 0.25) is 10.0 Å². The molecule has 2 aromatic carbocycles. The Hall–Kier alpha value is -1.91. The maximum absolute atomic E-state index is 12.2. The lowest BCUT2D eigenvalue weighted by molar-refractivity contribution is -0.116. The Kier molecular flexibility index (Phi) is 6.13. The van der Waals surface area contributed by atoms with E-state index >= 15 is 0 Å². The van der Waals surface area contributed by atoms with Crippen LogP contribution in [-0.2, 0) is 4.79 Å². The zero-order valence-corrected chi connectivity index (χ0v) is 14.4. The largest absolute Gasteiger partial charge is 0.494 e. The van der Waals surface area contributed by atoms with Crippen LogP contribution < -0.4 is 15.4 Å². The molecule has 0 heterocycles. The first-order valence-electron chi connectivity index (χ1n) is 7.25. The summed E-state index contributed by atoms with van der Waals surface area (Å²) in [7, 11) is 0. The van der Waals surface area contributed by atoms with E-state index in [1.54, 1.807) is 25.1 Å². The maximum atomic E-state index is 12.2. The average Bonchev–Trinajstić information content (AvgIpc) is 2.53. The molecule has 0 fully saturated rings. The maximum Gasteiger partial charge on any atom is 0.246 e. The van der Waals surface area contributed by atoms with E-state index < -0.39 is 6.04 Å². The summed E-state index contributed by atoms with van der Waals surface area (Å²) in [6.45, 7) is 4.32. The number of benzene rings is 2.